The third kappa shape index (κ3) is 6.50. The van der Waals surface area contributed by atoms with Gasteiger partial charge in [0.2, 0.25) is 11.8 Å². The van der Waals surface area contributed by atoms with Crippen LogP contribution >= 0.6 is 12.4 Å². The average Bonchev–Trinajstić information content (AvgIpc) is 3.05. The number of carbonyl (C=O) groups excluding carboxylic acids is 5. The van der Waals surface area contributed by atoms with Crippen LogP contribution in [0.1, 0.15) is 33.6 Å². The maximum Gasteiger partial charge on any atom is 0.266 e. The molecule has 1 unspecified atom stereocenters. The number of ether oxygens (including phenoxy) is 3. The van der Waals surface area contributed by atoms with Gasteiger partial charge in [0.15, 0.2) is 6.61 Å². The van der Waals surface area contributed by atoms with Crippen molar-refractivity contribution in [2.24, 2.45) is 5.73 Å². The minimum atomic E-state index is -1.08. The molecule has 1 atom stereocenters. The van der Waals surface area contributed by atoms with Crippen LogP contribution in [-0.4, -0.2) is 86.6 Å². The third-order valence-corrected chi connectivity index (χ3v) is 4.99. The van der Waals surface area contributed by atoms with Crippen LogP contribution in [0.4, 0.5) is 0 Å². The predicted octanol–water partition coefficient (Wildman–Crippen LogP) is -1.00. The summed E-state index contributed by atoms with van der Waals surface area (Å²) in [5.41, 5.74) is 5.36. The molecule has 1 saturated heterocycles. The van der Waals surface area contributed by atoms with E-state index in [1.54, 1.807) is 0 Å². The number of piperidine rings is 1. The molecule has 0 aromatic heterocycles. The average molecular weight is 499 g/mol. The number of halogens is 1. The van der Waals surface area contributed by atoms with E-state index >= 15 is 0 Å². The van der Waals surface area contributed by atoms with Crippen LogP contribution in [0.15, 0.2) is 18.2 Å². The minimum absolute atomic E-state index is 0. The fourth-order valence-corrected chi connectivity index (χ4v) is 3.47. The van der Waals surface area contributed by atoms with Gasteiger partial charge in [0.05, 0.1) is 37.6 Å². The van der Waals surface area contributed by atoms with Gasteiger partial charge in [-0.3, -0.25) is 34.2 Å². The van der Waals surface area contributed by atoms with Crippen molar-refractivity contribution >= 4 is 41.9 Å². The van der Waals surface area contributed by atoms with E-state index in [4.69, 9.17) is 19.9 Å². The molecule has 2 aliphatic heterocycles. The summed E-state index contributed by atoms with van der Waals surface area (Å²) < 4.78 is 16.0. The topological polar surface area (TPSA) is 166 Å². The highest BCUT2D eigenvalue weighted by Gasteiger charge is 2.46. The van der Waals surface area contributed by atoms with Crippen LogP contribution < -0.4 is 21.1 Å². The Hall–Kier alpha value is -3.06. The molecule has 2 aliphatic rings. The molecule has 1 fully saturated rings. The Kier molecular flexibility index (Phi) is 10.4. The number of carbonyl (C=O) groups is 5. The van der Waals surface area contributed by atoms with Crippen LogP contribution in [0.2, 0.25) is 0 Å². The quantitative estimate of drug-likeness (QED) is 0.242. The summed E-state index contributed by atoms with van der Waals surface area (Å²) in [6.45, 7) is 1.85. The number of fused-ring (bicyclic) bond motifs is 1. The minimum Gasteiger partial charge on any atom is -0.483 e. The Balaban J connectivity index is 0.00000408. The van der Waals surface area contributed by atoms with Crippen LogP contribution in [0.5, 0.6) is 5.75 Å². The van der Waals surface area contributed by atoms with E-state index < -0.39 is 35.6 Å². The molecule has 0 spiro atoms. The second-order valence-electron chi connectivity index (χ2n) is 7.28. The molecule has 5 amide bonds. The number of nitrogens with one attached hydrogen (secondary N) is 2. The van der Waals surface area contributed by atoms with Gasteiger partial charge in [-0.1, -0.05) is 6.07 Å². The molecule has 3 rings (SSSR count). The second kappa shape index (κ2) is 13.0. The molecule has 0 bridgehead atoms. The molecule has 0 saturated carbocycles. The van der Waals surface area contributed by atoms with Crippen LogP contribution in [0.25, 0.3) is 0 Å². The maximum absolute atomic E-state index is 13.0. The van der Waals surface area contributed by atoms with Crippen LogP contribution in [-0.2, 0) is 23.9 Å². The molecule has 1 aromatic carbocycles. The Bertz CT molecular complexity index is 941. The van der Waals surface area contributed by atoms with E-state index in [1.165, 1.54) is 18.2 Å². The monoisotopic (exact) mass is 498 g/mol. The first-order valence-corrected chi connectivity index (χ1v) is 10.5. The van der Waals surface area contributed by atoms with Crippen molar-refractivity contribution < 1.29 is 38.2 Å². The van der Waals surface area contributed by atoms with Crippen molar-refractivity contribution in [3.05, 3.63) is 29.3 Å². The second-order valence-corrected chi connectivity index (χ2v) is 7.28. The first kappa shape index (κ1) is 27.2. The summed E-state index contributed by atoms with van der Waals surface area (Å²) in [7, 11) is 0. The molecule has 0 radical (unpaired) electrons. The van der Waals surface area contributed by atoms with Crippen molar-refractivity contribution in [1.29, 1.82) is 0 Å². The highest BCUT2D eigenvalue weighted by atomic mass is 35.5. The van der Waals surface area contributed by atoms with Crippen LogP contribution in [0, 0.1) is 0 Å². The lowest BCUT2D eigenvalue weighted by atomic mass is 10.0. The summed E-state index contributed by atoms with van der Waals surface area (Å²) in [5, 5.41) is 4.76. The van der Waals surface area contributed by atoms with Crippen molar-refractivity contribution in [2.45, 2.75) is 18.9 Å². The van der Waals surface area contributed by atoms with E-state index in [-0.39, 0.29) is 61.9 Å². The zero-order valence-electron chi connectivity index (χ0n) is 18.4. The molecular formula is C21H27ClN4O8. The highest BCUT2D eigenvalue weighted by Crippen LogP contribution is 2.33. The molecule has 34 heavy (non-hydrogen) atoms. The SMILES string of the molecule is Cl.NCCOCCOCCNC(=O)COc1cccc2c1C(=O)N(C1CCC(=O)NC1=O)C2=O. The summed E-state index contributed by atoms with van der Waals surface area (Å²) in [4.78, 5) is 62.2. The molecule has 12 nitrogen and oxygen atoms in total. The Morgan fingerprint density at radius 3 is 2.53 bits per heavy atom. The van der Waals surface area contributed by atoms with Gasteiger partial charge in [0, 0.05) is 19.5 Å². The van der Waals surface area contributed by atoms with Gasteiger partial charge in [-0.05, 0) is 18.6 Å². The van der Waals surface area contributed by atoms with E-state index in [1.807, 2.05) is 0 Å². The first-order valence-electron chi connectivity index (χ1n) is 10.5. The van der Waals surface area contributed by atoms with Gasteiger partial charge in [-0.25, -0.2) is 0 Å². The molecule has 186 valence electrons. The highest BCUT2D eigenvalue weighted by molar-refractivity contribution is 6.24. The summed E-state index contributed by atoms with van der Waals surface area (Å²) >= 11 is 0. The van der Waals surface area contributed by atoms with Gasteiger partial charge < -0.3 is 25.3 Å². The number of hydrogen-bond donors (Lipinski definition) is 3. The number of hydrogen-bond acceptors (Lipinski definition) is 9. The lowest BCUT2D eigenvalue weighted by molar-refractivity contribution is -0.136. The standard InChI is InChI=1S/C21H26N4O8.ClH/c22-6-8-31-10-11-32-9-7-23-17(27)12-33-15-3-1-2-13-18(15)21(30)25(20(13)29)14-4-5-16(26)24-19(14)28;/h1-3,14H,4-12,22H2,(H,23,27)(H,24,26,28);1H. The number of imide groups is 2. The van der Waals surface area contributed by atoms with Gasteiger partial charge >= 0.3 is 0 Å². The Morgan fingerprint density at radius 2 is 1.82 bits per heavy atom. The van der Waals surface area contributed by atoms with E-state index in [0.29, 0.717) is 26.4 Å². The number of amides is 5. The predicted molar refractivity (Wildman–Crippen MR) is 120 cm³/mol. The van der Waals surface area contributed by atoms with Crippen LogP contribution in [0.3, 0.4) is 0 Å². The summed E-state index contributed by atoms with van der Waals surface area (Å²) in [6.07, 6.45) is 0.0771. The summed E-state index contributed by atoms with van der Waals surface area (Å²) in [5.74, 6) is -2.87. The van der Waals surface area contributed by atoms with Gasteiger partial charge in [-0.15, -0.1) is 12.4 Å². The number of nitrogens with zero attached hydrogens (tertiary/aromatic N) is 1. The number of benzene rings is 1. The number of nitrogens with two attached hydrogens (primary N) is 1. The first-order chi connectivity index (χ1) is 15.9. The number of rotatable bonds is 12. The molecule has 1 aromatic rings. The van der Waals surface area contributed by atoms with Gasteiger partial charge in [-0.2, -0.15) is 0 Å². The molecule has 4 N–H and O–H groups in total. The molecule has 13 heteroatoms. The summed E-state index contributed by atoms with van der Waals surface area (Å²) in [6, 6.07) is 3.36. The molecule has 2 heterocycles. The lowest BCUT2D eigenvalue weighted by Gasteiger charge is -2.27. The largest absolute Gasteiger partial charge is 0.483 e. The lowest BCUT2D eigenvalue weighted by Crippen LogP contribution is -2.54. The normalized spacial score (nSPS) is 17.2. The van der Waals surface area contributed by atoms with Crippen molar-refractivity contribution in [1.82, 2.24) is 15.5 Å². The third-order valence-electron chi connectivity index (χ3n) is 4.99. The fourth-order valence-electron chi connectivity index (χ4n) is 3.47. The van der Waals surface area contributed by atoms with E-state index in [2.05, 4.69) is 10.6 Å². The van der Waals surface area contributed by atoms with Crippen molar-refractivity contribution in [2.75, 3.05) is 46.1 Å². The Labute approximate surface area is 201 Å². The zero-order chi connectivity index (χ0) is 23.8. The zero-order valence-corrected chi connectivity index (χ0v) is 19.2. The smallest absolute Gasteiger partial charge is 0.266 e. The Morgan fingerprint density at radius 1 is 1.09 bits per heavy atom. The van der Waals surface area contributed by atoms with Gasteiger partial charge in [0.1, 0.15) is 11.8 Å². The maximum atomic E-state index is 13.0. The van der Waals surface area contributed by atoms with E-state index in [9.17, 15) is 24.0 Å². The van der Waals surface area contributed by atoms with Crippen molar-refractivity contribution in [3.8, 4) is 5.75 Å². The van der Waals surface area contributed by atoms with Crippen molar-refractivity contribution in [3.63, 3.8) is 0 Å². The molecule has 0 aliphatic carbocycles. The molecular weight excluding hydrogens is 472 g/mol. The van der Waals surface area contributed by atoms with Gasteiger partial charge in [0.25, 0.3) is 17.7 Å². The fraction of sp³-hybridized carbons (Fsp3) is 0.476. The van der Waals surface area contributed by atoms with E-state index in [0.717, 1.165) is 4.90 Å².